The molecule has 1 atom stereocenters. The SMILES string of the molecule is COC(=O)CCc1ccc(OC(C)c2ccccc2)c(-c2ccc3[nH]ccc3c2)c1. The first-order valence-corrected chi connectivity index (χ1v) is 10.1. The van der Waals surface area contributed by atoms with Crippen LogP contribution in [0, 0.1) is 0 Å². The van der Waals surface area contributed by atoms with Crippen molar-refractivity contribution in [1.82, 2.24) is 4.98 Å². The van der Waals surface area contributed by atoms with E-state index in [-0.39, 0.29) is 12.1 Å². The Morgan fingerprint density at radius 3 is 2.63 bits per heavy atom. The maximum absolute atomic E-state index is 11.6. The highest BCUT2D eigenvalue weighted by atomic mass is 16.5. The summed E-state index contributed by atoms with van der Waals surface area (Å²) in [5, 5.41) is 1.15. The minimum absolute atomic E-state index is 0.0816. The summed E-state index contributed by atoms with van der Waals surface area (Å²) in [6, 6.07) is 24.7. The van der Waals surface area contributed by atoms with Gasteiger partial charge in [-0.25, -0.2) is 0 Å². The van der Waals surface area contributed by atoms with Crippen LogP contribution in [0.15, 0.2) is 79.0 Å². The van der Waals surface area contributed by atoms with Crippen LogP contribution < -0.4 is 4.74 Å². The molecule has 0 bridgehead atoms. The van der Waals surface area contributed by atoms with Crippen molar-refractivity contribution in [2.45, 2.75) is 25.9 Å². The molecule has 4 rings (SSSR count). The van der Waals surface area contributed by atoms with Crippen molar-refractivity contribution in [1.29, 1.82) is 0 Å². The first-order valence-electron chi connectivity index (χ1n) is 10.1. The van der Waals surface area contributed by atoms with Gasteiger partial charge in [-0.1, -0.05) is 42.5 Å². The van der Waals surface area contributed by atoms with Crippen LogP contribution >= 0.6 is 0 Å². The normalized spacial score (nSPS) is 11.9. The summed E-state index contributed by atoms with van der Waals surface area (Å²) in [7, 11) is 1.42. The van der Waals surface area contributed by atoms with Crippen LogP contribution in [0.5, 0.6) is 5.75 Å². The Balaban J connectivity index is 1.69. The predicted octanol–water partition coefficient (Wildman–Crippen LogP) is 6.08. The number of aromatic amines is 1. The number of nitrogens with one attached hydrogen (secondary N) is 1. The third-order valence-corrected chi connectivity index (χ3v) is 5.33. The van der Waals surface area contributed by atoms with E-state index in [0.29, 0.717) is 12.8 Å². The Morgan fingerprint density at radius 2 is 1.83 bits per heavy atom. The molecule has 0 aliphatic carbocycles. The number of ether oxygens (including phenoxy) is 2. The first-order chi connectivity index (χ1) is 14.6. The lowest BCUT2D eigenvalue weighted by Gasteiger charge is -2.19. The van der Waals surface area contributed by atoms with Crippen LogP contribution in [0.25, 0.3) is 22.0 Å². The van der Waals surface area contributed by atoms with E-state index in [1.807, 2.05) is 36.5 Å². The van der Waals surface area contributed by atoms with Gasteiger partial charge in [0.1, 0.15) is 11.9 Å². The van der Waals surface area contributed by atoms with Crippen molar-refractivity contribution in [2.75, 3.05) is 7.11 Å². The second-order valence-electron chi connectivity index (χ2n) is 7.36. The molecular weight excluding hydrogens is 374 g/mol. The number of benzene rings is 3. The number of carbonyl (C=O) groups is 1. The molecule has 0 amide bonds. The van der Waals surface area contributed by atoms with E-state index in [1.165, 1.54) is 7.11 Å². The predicted molar refractivity (Wildman–Crippen MR) is 120 cm³/mol. The average Bonchev–Trinajstić information content (AvgIpc) is 3.26. The maximum Gasteiger partial charge on any atom is 0.305 e. The van der Waals surface area contributed by atoms with Gasteiger partial charge in [-0.3, -0.25) is 4.79 Å². The van der Waals surface area contributed by atoms with Crippen molar-refractivity contribution in [3.8, 4) is 16.9 Å². The zero-order valence-corrected chi connectivity index (χ0v) is 17.2. The Morgan fingerprint density at radius 1 is 1.00 bits per heavy atom. The van der Waals surface area contributed by atoms with Crippen LogP contribution in [0.2, 0.25) is 0 Å². The lowest BCUT2D eigenvalue weighted by atomic mass is 9.98. The van der Waals surface area contributed by atoms with E-state index in [4.69, 9.17) is 9.47 Å². The third kappa shape index (κ3) is 4.38. The van der Waals surface area contributed by atoms with Crippen LogP contribution in [0.4, 0.5) is 0 Å². The molecular formula is C26H25NO3. The van der Waals surface area contributed by atoms with Crippen LogP contribution in [-0.4, -0.2) is 18.1 Å². The summed E-state index contributed by atoms with van der Waals surface area (Å²) >= 11 is 0. The number of methoxy groups -OCH3 is 1. The molecule has 4 heteroatoms. The second-order valence-corrected chi connectivity index (χ2v) is 7.36. The van der Waals surface area contributed by atoms with E-state index < -0.39 is 0 Å². The zero-order chi connectivity index (χ0) is 20.9. The molecule has 1 aromatic heterocycles. The van der Waals surface area contributed by atoms with E-state index >= 15 is 0 Å². The number of hydrogen-bond donors (Lipinski definition) is 1. The number of aryl methyl sites for hydroxylation is 1. The largest absolute Gasteiger partial charge is 0.485 e. The third-order valence-electron chi connectivity index (χ3n) is 5.33. The van der Waals surface area contributed by atoms with Gasteiger partial charge in [-0.15, -0.1) is 0 Å². The fourth-order valence-corrected chi connectivity index (χ4v) is 3.61. The van der Waals surface area contributed by atoms with Crippen LogP contribution in [0.1, 0.15) is 30.6 Å². The van der Waals surface area contributed by atoms with Gasteiger partial charge >= 0.3 is 5.97 Å². The Hall–Kier alpha value is -3.53. The molecule has 0 saturated carbocycles. The molecule has 0 aliphatic rings. The smallest absolute Gasteiger partial charge is 0.305 e. The number of fused-ring (bicyclic) bond motifs is 1. The highest BCUT2D eigenvalue weighted by Gasteiger charge is 2.14. The minimum Gasteiger partial charge on any atom is -0.485 e. The molecule has 0 aliphatic heterocycles. The Kier molecular flexibility index (Phi) is 5.84. The molecule has 0 spiro atoms. The molecule has 0 radical (unpaired) electrons. The first kappa shape index (κ1) is 19.8. The molecule has 4 aromatic rings. The van der Waals surface area contributed by atoms with Crippen molar-refractivity contribution in [2.24, 2.45) is 0 Å². The van der Waals surface area contributed by atoms with Gasteiger partial charge < -0.3 is 14.5 Å². The molecule has 1 N–H and O–H groups in total. The molecule has 4 nitrogen and oxygen atoms in total. The summed E-state index contributed by atoms with van der Waals surface area (Å²) in [6.07, 6.45) is 2.84. The number of rotatable bonds is 7. The molecule has 30 heavy (non-hydrogen) atoms. The molecule has 3 aromatic carbocycles. The molecule has 0 fully saturated rings. The summed E-state index contributed by atoms with van der Waals surface area (Å²) in [6.45, 7) is 2.06. The number of H-pyrrole nitrogens is 1. The zero-order valence-electron chi connectivity index (χ0n) is 17.2. The molecule has 1 unspecified atom stereocenters. The maximum atomic E-state index is 11.6. The number of carbonyl (C=O) groups excluding carboxylic acids is 1. The molecule has 152 valence electrons. The summed E-state index contributed by atoms with van der Waals surface area (Å²) in [4.78, 5) is 14.8. The lowest BCUT2D eigenvalue weighted by Crippen LogP contribution is -2.05. The summed E-state index contributed by atoms with van der Waals surface area (Å²) < 4.78 is 11.2. The topological polar surface area (TPSA) is 51.3 Å². The monoisotopic (exact) mass is 399 g/mol. The fourth-order valence-electron chi connectivity index (χ4n) is 3.61. The van der Waals surface area contributed by atoms with Crippen molar-refractivity contribution in [3.05, 3.63) is 90.1 Å². The second kappa shape index (κ2) is 8.87. The highest BCUT2D eigenvalue weighted by Crippen LogP contribution is 2.35. The quantitative estimate of drug-likeness (QED) is 0.383. The van der Waals surface area contributed by atoms with Gasteiger partial charge in [0.2, 0.25) is 0 Å². The van der Waals surface area contributed by atoms with E-state index in [9.17, 15) is 4.79 Å². The van der Waals surface area contributed by atoms with Gasteiger partial charge in [-0.2, -0.15) is 0 Å². The fraction of sp³-hybridized carbons (Fsp3) is 0.192. The minimum atomic E-state index is -0.205. The van der Waals surface area contributed by atoms with E-state index in [2.05, 4.69) is 54.4 Å². The van der Waals surface area contributed by atoms with Gasteiger partial charge in [0, 0.05) is 23.7 Å². The van der Waals surface area contributed by atoms with Gasteiger partial charge in [0.15, 0.2) is 0 Å². The van der Waals surface area contributed by atoms with Gasteiger partial charge in [-0.05, 0) is 65.8 Å². The van der Waals surface area contributed by atoms with E-state index in [1.54, 1.807) is 0 Å². The van der Waals surface area contributed by atoms with Gasteiger partial charge in [0.05, 0.1) is 7.11 Å². The number of aromatic nitrogens is 1. The van der Waals surface area contributed by atoms with Crippen LogP contribution in [0.3, 0.4) is 0 Å². The Bertz CT molecular complexity index is 1150. The number of hydrogen-bond acceptors (Lipinski definition) is 3. The summed E-state index contributed by atoms with van der Waals surface area (Å²) in [5.74, 6) is 0.617. The van der Waals surface area contributed by atoms with Crippen molar-refractivity contribution in [3.63, 3.8) is 0 Å². The van der Waals surface area contributed by atoms with E-state index in [0.717, 1.165) is 38.9 Å². The Labute approximate surface area is 176 Å². The lowest BCUT2D eigenvalue weighted by molar-refractivity contribution is -0.140. The summed E-state index contributed by atoms with van der Waals surface area (Å²) in [5.41, 5.74) is 5.39. The highest BCUT2D eigenvalue weighted by molar-refractivity contribution is 5.86. The van der Waals surface area contributed by atoms with Gasteiger partial charge in [0.25, 0.3) is 0 Å². The number of esters is 1. The molecule has 1 heterocycles. The standard InChI is InChI=1S/C26H25NO3/c1-18(20-6-4-3-5-7-20)30-25-12-8-19(9-13-26(28)29-2)16-23(25)21-10-11-24-22(17-21)14-15-27-24/h3-8,10-12,14-18,27H,9,13H2,1-2H3. The average molecular weight is 399 g/mol. The van der Waals surface area contributed by atoms with Crippen molar-refractivity contribution >= 4 is 16.9 Å². The van der Waals surface area contributed by atoms with Crippen molar-refractivity contribution < 1.29 is 14.3 Å². The van der Waals surface area contributed by atoms with Crippen LogP contribution in [-0.2, 0) is 16.0 Å². The molecule has 0 saturated heterocycles.